The molecule has 30 heavy (non-hydrogen) atoms. The van der Waals surface area contributed by atoms with E-state index < -0.39 is 11.8 Å². The Kier molecular flexibility index (Phi) is 4.93. The van der Waals surface area contributed by atoms with Crippen LogP contribution in [0.25, 0.3) is 0 Å². The van der Waals surface area contributed by atoms with Crippen LogP contribution in [0, 0.1) is 0 Å². The first kappa shape index (κ1) is 19.2. The molecule has 0 fully saturated rings. The summed E-state index contributed by atoms with van der Waals surface area (Å²) in [5.74, 6) is 0.412. The number of nitrogens with zero attached hydrogens (tertiary/aromatic N) is 3. The molecule has 0 bridgehead atoms. The number of ether oxygens (including phenoxy) is 1. The molecule has 3 aromatic rings. The van der Waals surface area contributed by atoms with Gasteiger partial charge in [0.25, 0.3) is 5.91 Å². The number of hydrogen-bond acceptors (Lipinski definition) is 7. The zero-order valence-corrected chi connectivity index (χ0v) is 16.3. The molecule has 5 N–H and O–H groups in total. The number of hydrogen-bond donors (Lipinski definition) is 3. The molecule has 1 aliphatic rings. The Morgan fingerprint density at radius 2 is 1.83 bits per heavy atom. The van der Waals surface area contributed by atoms with Crippen molar-refractivity contribution in [1.29, 1.82) is 0 Å². The third kappa shape index (κ3) is 3.60. The molecule has 9 heteroatoms. The molecular formula is C21H20N6O3. The molecule has 0 radical (unpaired) electrons. The number of nitrogens with two attached hydrogens (primary N) is 2. The summed E-state index contributed by atoms with van der Waals surface area (Å²) in [4.78, 5) is 33.9. The molecular weight excluding hydrogens is 384 g/mol. The molecule has 2 amide bonds. The number of methoxy groups -OCH3 is 1. The Labute approximate surface area is 172 Å². The summed E-state index contributed by atoms with van der Waals surface area (Å²) in [5.41, 5.74) is 14.3. The number of rotatable bonds is 6. The molecule has 0 unspecified atom stereocenters. The standard InChI is InChI=1S/C21H20N6O3/c1-30-17-4-2-3-13-10-27(11-16(13)17)20-15(19(23)29)9-24-21(26-20)25-14-7-5-12(6-8-14)18(22)28/h2-9H,10-11H2,1H3,(H2,22,28)(H2,23,29)(H,24,25,26). The van der Waals surface area contributed by atoms with E-state index in [1.165, 1.54) is 6.20 Å². The minimum atomic E-state index is -0.606. The van der Waals surface area contributed by atoms with Crippen molar-refractivity contribution in [3.05, 3.63) is 70.9 Å². The minimum Gasteiger partial charge on any atom is -0.496 e. The van der Waals surface area contributed by atoms with Gasteiger partial charge < -0.3 is 26.4 Å². The second kappa shape index (κ2) is 7.70. The molecule has 9 nitrogen and oxygen atoms in total. The highest BCUT2D eigenvalue weighted by atomic mass is 16.5. The molecule has 2 aromatic carbocycles. The lowest BCUT2D eigenvalue weighted by atomic mass is 10.1. The normalized spacial score (nSPS) is 12.4. The molecule has 0 saturated heterocycles. The summed E-state index contributed by atoms with van der Waals surface area (Å²) < 4.78 is 5.45. The summed E-state index contributed by atoms with van der Waals surface area (Å²) in [6.07, 6.45) is 1.41. The van der Waals surface area contributed by atoms with Crippen molar-refractivity contribution < 1.29 is 14.3 Å². The second-order valence-corrected chi connectivity index (χ2v) is 6.82. The van der Waals surface area contributed by atoms with Crippen molar-refractivity contribution in [3.8, 4) is 5.75 Å². The van der Waals surface area contributed by atoms with Gasteiger partial charge in [-0.1, -0.05) is 12.1 Å². The van der Waals surface area contributed by atoms with Gasteiger partial charge in [0, 0.05) is 36.1 Å². The van der Waals surface area contributed by atoms with Gasteiger partial charge in [-0.3, -0.25) is 9.59 Å². The molecule has 0 spiro atoms. The molecule has 0 saturated carbocycles. The van der Waals surface area contributed by atoms with E-state index in [0.29, 0.717) is 36.1 Å². The first-order chi connectivity index (χ1) is 14.5. The topological polar surface area (TPSA) is 136 Å². The van der Waals surface area contributed by atoms with Crippen LogP contribution in [-0.2, 0) is 13.1 Å². The van der Waals surface area contributed by atoms with Gasteiger partial charge in [0.15, 0.2) is 0 Å². The van der Waals surface area contributed by atoms with E-state index in [2.05, 4.69) is 15.3 Å². The van der Waals surface area contributed by atoms with Crippen LogP contribution in [0.3, 0.4) is 0 Å². The lowest BCUT2D eigenvalue weighted by molar-refractivity contribution is 0.0991. The predicted molar refractivity (Wildman–Crippen MR) is 112 cm³/mol. The van der Waals surface area contributed by atoms with Crippen molar-refractivity contribution in [1.82, 2.24) is 9.97 Å². The van der Waals surface area contributed by atoms with Gasteiger partial charge in [-0.25, -0.2) is 4.98 Å². The molecule has 0 atom stereocenters. The summed E-state index contributed by atoms with van der Waals surface area (Å²) in [7, 11) is 1.63. The number of nitrogens with one attached hydrogen (secondary N) is 1. The minimum absolute atomic E-state index is 0.233. The van der Waals surface area contributed by atoms with Crippen molar-refractivity contribution in [2.24, 2.45) is 11.5 Å². The average Bonchev–Trinajstić information content (AvgIpc) is 3.18. The van der Waals surface area contributed by atoms with Crippen LogP contribution < -0.4 is 26.4 Å². The Balaban J connectivity index is 1.64. The van der Waals surface area contributed by atoms with E-state index in [1.54, 1.807) is 31.4 Å². The Bertz CT molecular complexity index is 1130. The number of amides is 2. The summed E-state index contributed by atoms with van der Waals surface area (Å²) in [6, 6.07) is 12.4. The van der Waals surface area contributed by atoms with Gasteiger partial charge in [-0.2, -0.15) is 4.98 Å². The quantitative estimate of drug-likeness (QED) is 0.571. The number of aromatic nitrogens is 2. The predicted octanol–water partition coefficient (Wildman–Crippen LogP) is 1.95. The molecule has 1 aliphatic heterocycles. The lowest BCUT2D eigenvalue weighted by Crippen LogP contribution is -2.23. The summed E-state index contributed by atoms with van der Waals surface area (Å²) in [5, 5.41) is 3.07. The van der Waals surface area contributed by atoms with Crippen LogP contribution in [0.5, 0.6) is 5.75 Å². The van der Waals surface area contributed by atoms with Crippen molar-refractivity contribution >= 4 is 29.3 Å². The average molecular weight is 404 g/mol. The van der Waals surface area contributed by atoms with E-state index in [-0.39, 0.29) is 5.56 Å². The maximum atomic E-state index is 12.0. The summed E-state index contributed by atoms with van der Waals surface area (Å²) >= 11 is 0. The Hall–Kier alpha value is -4.14. The van der Waals surface area contributed by atoms with E-state index in [1.807, 2.05) is 23.1 Å². The van der Waals surface area contributed by atoms with Gasteiger partial charge >= 0.3 is 0 Å². The molecule has 1 aromatic heterocycles. The molecule has 152 valence electrons. The third-order valence-corrected chi connectivity index (χ3v) is 4.92. The van der Waals surface area contributed by atoms with E-state index in [0.717, 1.165) is 16.9 Å². The zero-order valence-electron chi connectivity index (χ0n) is 16.3. The molecule has 0 aliphatic carbocycles. The smallest absolute Gasteiger partial charge is 0.254 e. The van der Waals surface area contributed by atoms with E-state index >= 15 is 0 Å². The van der Waals surface area contributed by atoms with Crippen LogP contribution in [-0.4, -0.2) is 28.9 Å². The van der Waals surface area contributed by atoms with Crippen LogP contribution in [0.2, 0.25) is 0 Å². The number of benzene rings is 2. The zero-order chi connectivity index (χ0) is 21.3. The first-order valence-electron chi connectivity index (χ1n) is 9.19. The molecule has 4 rings (SSSR count). The highest BCUT2D eigenvalue weighted by Gasteiger charge is 2.27. The Morgan fingerprint density at radius 1 is 1.07 bits per heavy atom. The SMILES string of the molecule is COc1cccc2c1CN(c1nc(Nc3ccc(C(N)=O)cc3)ncc1C(N)=O)C2. The van der Waals surface area contributed by atoms with E-state index in [9.17, 15) is 9.59 Å². The number of primary amides is 2. The Morgan fingerprint density at radius 3 is 2.50 bits per heavy atom. The highest BCUT2D eigenvalue weighted by molar-refractivity contribution is 5.97. The fourth-order valence-electron chi connectivity index (χ4n) is 3.43. The van der Waals surface area contributed by atoms with Crippen molar-refractivity contribution in [2.75, 3.05) is 17.3 Å². The first-order valence-corrected chi connectivity index (χ1v) is 9.19. The highest BCUT2D eigenvalue weighted by Crippen LogP contribution is 2.34. The fourth-order valence-corrected chi connectivity index (χ4v) is 3.43. The maximum absolute atomic E-state index is 12.0. The van der Waals surface area contributed by atoms with Gasteiger partial charge in [-0.15, -0.1) is 0 Å². The van der Waals surface area contributed by atoms with Crippen molar-refractivity contribution in [2.45, 2.75) is 13.1 Å². The van der Waals surface area contributed by atoms with Gasteiger partial charge in [0.1, 0.15) is 17.1 Å². The van der Waals surface area contributed by atoms with Crippen molar-refractivity contribution in [3.63, 3.8) is 0 Å². The number of anilines is 3. The third-order valence-electron chi connectivity index (χ3n) is 4.92. The van der Waals surface area contributed by atoms with E-state index in [4.69, 9.17) is 16.2 Å². The lowest BCUT2D eigenvalue weighted by Gasteiger charge is -2.20. The van der Waals surface area contributed by atoms with Crippen LogP contribution >= 0.6 is 0 Å². The van der Waals surface area contributed by atoms with Gasteiger partial charge in [0.05, 0.1) is 7.11 Å². The maximum Gasteiger partial charge on any atom is 0.254 e. The van der Waals surface area contributed by atoms with Crippen LogP contribution in [0.1, 0.15) is 31.8 Å². The molecule has 2 heterocycles. The van der Waals surface area contributed by atoms with Crippen LogP contribution in [0.4, 0.5) is 17.5 Å². The van der Waals surface area contributed by atoms with Crippen LogP contribution in [0.15, 0.2) is 48.7 Å². The largest absolute Gasteiger partial charge is 0.496 e. The summed E-state index contributed by atoms with van der Waals surface area (Å²) in [6.45, 7) is 1.10. The number of carbonyl (C=O) groups excluding carboxylic acids is 2. The number of fused-ring (bicyclic) bond motifs is 1. The van der Waals surface area contributed by atoms with Gasteiger partial charge in [0.2, 0.25) is 11.9 Å². The van der Waals surface area contributed by atoms with Gasteiger partial charge in [-0.05, 0) is 35.9 Å². The number of carbonyl (C=O) groups is 2. The second-order valence-electron chi connectivity index (χ2n) is 6.82. The fraction of sp³-hybridized carbons (Fsp3) is 0.143. The monoisotopic (exact) mass is 404 g/mol.